The van der Waals surface area contributed by atoms with Crippen LogP contribution in [-0.2, 0) is 16.1 Å². The van der Waals surface area contributed by atoms with Gasteiger partial charge in [0.1, 0.15) is 0 Å². The van der Waals surface area contributed by atoms with E-state index in [0.717, 1.165) is 44.6 Å². The van der Waals surface area contributed by atoms with E-state index in [1.807, 2.05) is 0 Å². The van der Waals surface area contributed by atoms with Crippen LogP contribution in [0.15, 0.2) is 17.5 Å². The Kier molecular flexibility index (Phi) is 4.82. The average Bonchev–Trinajstić information content (AvgIpc) is 2.83. The molecule has 0 amide bonds. The molecule has 0 spiro atoms. The van der Waals surface area contributed by atoms with E-state index in [0.29, 0.717) is 0 Å². The van der Waals surface area contributed by atoms with Crippen LogP contribution in [0.1, 0.15) is 17.7 Å². The zero-order valence-corrected chi connectivity index (χ0v) is 11.7. The smallest absolute Gasteiger partial charge is 0.0809 e. The second-order valence-electron chi connectivity index (χ2n) is 4.32. The van der Waals surface area contributed by atoms with E-state index in [1.165, 1.54) is 4.88 Å². The summed E-state index contributed by atoms with van der Waals surface area (Å²) in [5, 5.41) is 3.10. The third kappa shape index (κ3) is 3.29. The molecular weight excluding hydrogens is 288 g/mol. The van der Waals surface area contributed by atoms with Gasteiger partial charge < -0.3 is 9.47 Å². The van der Waals surface area contributed by atoms with E-state index >= 15 is 0 Å². The van der Waals surface area contributed by atoms with Crippen LogP contribution in [0.25, 0.3) is 0 Å². The van der Waals surface area contributed by atoms with Crippen molar-refractivity contribution < 1.29 is 9.47 Å². The van der Waals surface area contributed by atoms with E-state index < -0.39 is 0 Å². The molecule has 0 saturated carbocycles. The molecule has 1 aromatic rings. The highest BCUT2D eigenvalue weighted by Gasteiger charge is 2.31. The normalized spacial score (nSPS) is 19.8. The van der Waals surface area contributed by atoms with Crippen molar-refractivity contribution in [3.63, 3.8) is 0 Å². The first kappa shape index (κ1) is 12.6. The Balaban J connectivity index is 1.78. The molecule has 4 heteroatoms. The number of halogens is 1. The number of hydrogen-bond donors (Lipinski definition) is 0. The molecule has 0 atom stereocenters. The number of thiophene rings is 1. The fraction of sp³-hybridized carbons (Fsp3) is 0.667. The Hall–Kier alpha value is 0.100. The molecule has 0 unspecified atom stereocenters. The summed E-state index contributed by atoms with van der Waals surface area (Å²) in [4.78, 5) is 1.30. The molecule has 1 aliphatic rings. The monoisotopic (exact) mass is 304 g/mol. The lowest BCUT2D eigenvalue weighted by Crippen LogP contribution is -2.35. The molecule has 90 valence electrons. The largest absolute Gasteiger partial charge is 0.381 e. The highest BCUT2D eigenvalue weighted by atomic mass is 79.9. The van der Waals surface area contributed by atoms with Crippen LogP contribution in [0.2, 0.25) is 0 Å². The number of ether oxygens (including phenoxy) is 2. The van der Waals surface area contributed by atoms with Gasteiger partial charge in [-0.05, 0) is 24.3 Å². The molecule has 2 heterocycles. The predicted octanol–water partition coefficient (Wildman–Crippen LogP) is 3.46. The third-order valence-electron chi connectivity index (χ3n) is 3.07. The van der Waals surface area contributed by atoms with Crippen LogP contribution in [0.3, 0.4) is 0 Å². The summed E-state index contributed by atoms with van der Waals surface area (Å²) in [5.74, 6) is 0. The van der Waals surface area contributed by atoms with Crippen LogP contribution >= 0.6 is 27.3 Å². The molecule has 0 aromatic carbocycles. The summed E-state index contributed by atoms with van der Waals surface area (Å²) in [5.41, 5.74) is 0.287. The van der Waals surface area contributed by atoms with Crippen molar-refractivity contribution in [2.75, 3.05) is 25.2 Å². The summed E-state index contributed by atoms with van der Waals surface area (Å²) in [6.45, 7) is 3.31. The van der Waals surface area contributed by atoms with Crippen molar-refractivity contribution in [3.05, 3.63) is 22.4 Å². The van der Waals surface area contributed by atoms with E-state index in [-0.39, 0.29) is 5.41 Å². The van der Waals surface area contributed by atoms with E-state index in [9.17, 15) is 0 Å². The van der Waals surface area contributed by atoms with Crippen LogP contribution in [0.4, 0.5) is 0 Å². The summed E-state index contributed by atoms with van der Waals surface area (Å²) in [6, 6.07) is 4.19. The van der Waals surface area contributed by atoms with E-state index in [2.05, 4.69) is 33.4 Å². The van der Waals surface area contributed by atoms with Crippen molar-refractivity contribution in [1.82, 2.24) is 0 Å². The predicted molar refractivity (Wildman–Crippen MR) is 70.3 cm³/mol. The maximum Gasteiger partial charge on any atom is 0.0809 e. The topological polar surface area (TPSA) is 18.5 Å². The lowest BCUT2D eigenvalue weighted by Gasteiger charge is -2.35. The SMILES string of the molecule is BrCC1(COCc2cccs2)CCOCC1. The standard InChI is InChI=1S/C12H17BrO2S/c13-9-12(3-5-14-6-4-12)10-15-8-11-2-1-7-16-11/h1-2,7H,3-6,8-10H2. The lowest BCUT2D eigenvalue weighted by molar-refractivity contribution is -0.0306. The first-order chi connectivity index (χ1) is 7.85. The van der Waals surface area contributed by atoms with Crippen molar-refractivity contribution >= 4 is 27.3 Å². The Morgan fingerprint density at radius 2 is 2.25 bits per heavy atom. The number of rotatable bonds is 5. The summed E-state index contributed by atoms with van der Waals surface area (Å²) in [6.07, 6.45) is 2.20. The minimum absolute atomic E-state index is 0.287. The molecule has 2 nitrogen and oxygen atoms in total. The zero-order valence-electron chi connectivity index (χ0n) is 9.28. The van der Waals surface area contributed by atoms with Crippen LogP contribution in [0.5, 0.6) is 0 Å². The Labute approximate surface area is 109 Å². The molecule has 2 rings (SSSR count). The third-order valence-corrected chi connectivity index (χ3v) is 5.11. The molecule has 0 bridgehead atoms. The van der Waals surface area contributed by atoms with Gasteiger partial charge >= 0.3 is 0 Å². The van der Waals surface area contributed by atoms with Crippen molar-refractivity contribution in [1.29, 1.82) is 0 Å². The van der Waals surface area contributed by atoms with Gasteiger partial charge in [-0.1, -0.05) is 22.0 Å². The van der Waals surface area contributed by atoms with E-state index in [4.69, 9.17) is 9.47 Å². The minimum atomic E-state index is 0.287. The van der Waals surface area contributed by atoms with E-state index in [1.54, 1.807) is 11.3 Å². The molecule has 0 N–H and O–H groups in total. The molecule has 0 aliphatic carbocycles. The van der Waals surface area contributed by atoms with Gasteiger partial charge in [0.2, 0.25) is 0 Å². The molecule has 1 fully saturated rings. The fourth-order valence-corrected chi connectivity index (χ4v) is 3.25. The van der Waals surface area contributed by atoms with Gasteiger partial charge in [0.15, 0.2) is 0 Å². The maximum atomic E-state index is 5.84. The van der Waals surface area contributed by atoms with Gasteiger partial charge in [-0.25, -0.2) is 0 Å². The number of alkyl halides is 1. The number of hydrogen-bond acceptors (Lipinski definition) is 3. The first-order valence-corrected chi connectivity index (χ1v) is 7.59. The molecule has 1 aliphatic heterocycles. The van der Waals surface area contributed by atoms with Crippen molar-refractivity contribution in [2.24, 2.45) is 5.41 Å². The lowest BCUT2D eigenvalue weighted by atomic mass is 9.83. The Morgan fingerprint density at radius 3 is 2.88 bits per heavy atom. The summed E-state index contributed by atoms with van der Waals surface area (Å²) in [7, 11) is 0. The molecular formula is C12H17BrO2S. The maximum absolute atomic E-state index is 5.84. The second-order valence-corrected chi connectivity index (χ2v) is 5.91. The van der Waals surface area contributed by atoms with Crippen molar-refractivity contribution in [2.45, 2.75) is 19.4 Å². The van der Waals surface area contributed by atoms with Crippen LogP contribution in [-0.4, -0.2) is 25.2 Å². The van der Waals surface area contributed by atoms with Crippen LogP contribution in [0, 0.1) is 5.41 Å². The summed E-state index contributed by atoms with van der Waals surface area (Å²) < 4.78 is 11.2. The Morgan fingerprint density at radius 1 is 1.44 bits per heavy atom. The van der Waals surface area contributed by atoms with Gasteiger partial charge in [0, 0.05) is 28.8 Å². The van der Waals surface area contributed by atoms with Gasteiger partial charge in [-0.3, -0.25) is 0 Å². The molecule has 16 heavy (non-hydrogen) atoms. The van der Waals surface area contributed by atoms with Gasteiger partial charge in [-0.2, -0.15) is 0 Å². The average molecular weight is 305 g/mol. The quantitative estimate of drug-likeness (QED) is 0.776. The molecule has 0 radical (unpaired) electrons. The van der Waals surface area contributed by atoms with Gasteiger partial charge in [0.25, 0.3) is 0 Å². The highest BCUT2D eigenvalue weighted by molar-refractivity contribution is 9.09. The Bertz CT molecular complexity index is 294. The van der Waals surface area contributed by atoms with Gasteiger partial charge in [0.05, 0.1) is 13.2 Å². The second kappa shape index (κ2) is 6.15. The molecule has 1 saturated heterocycles. The minimum Gasteiger partial charge on any atom is -0.381 e. The highest BCUT2D eigenvalue weighted by Crippen LogP contribution is 2.33. The fourth-order valence-electron chi connectivity index (χ4n) is 1.88. The molecule has 1 aromatic heterocycles. The zero-order chi connectivity index (χ0) is 11.3. The van der Waals surface area contributed by atoms with Crippen LogP contribution < -0.4 is 0 Å². The van der Waals surface area contributed by atoms with Gasteiger partial charge in [-0.15, -0.1) is 11.3 Å². The first-order valence-electron chi connectivity index (χ1n) is 5.58. The van der Waals surface area contributed by atoms with Crippen molar-refractivity contribution in [3.8, 4) is 0 Å². The summed E-state index contributed by atoms with van der Waals surface area (Å²) >= 11 is 5.37.